The summed E-state index contributed by atoms with van der Waals surface area (Å²) < 4.78 is 37.5. The van der Waals surface area contributed by atoms with Crippen LogP contribution in [-0.2, 0) is 23.2 Å². The van der Waals surface area contributed by atoms with E-state index in [0.717, 1.165) is 11.6 Å². The molecule has 10 heteroatoms. The van der Waals surface area contributed by atoms with Crippen LogP contribution in [0.2, 0.25) is 5.02 Å². The second kappa shape index (κ2) is 9.12. The lowest BCUT2D eigenvalue weighted by Gasteiger charge is -2.10. The minimum absolute atomic E-state index is 0.0333. The van der Waals surface area contributed by atoms with Gasteiger partial charge in [0.1, 0.15) is 12.4 Å². The minimum atomic E-state index is -3.93. The summed E-state index contributed by atoms with van der Waals surface area (Å²) in [4.78, 5) is 23.9. The number of nitrogens with one attached hydrogen (secondary N) is 1. The summed E-state index contributed by atoms with van der Waals surface area (Å²) in [6.07, 6.45) is 0. The van der Waals surface area contributed by atoms with E-state index in [4.69, 9.17) is 20.8 Å². The maximum absolute atomic E-state index is 12.4. The molecule has 0 aliphatic carbocycles. The highest BCUT2D eigenvalue weighted by Crippen LogP contribution is 2.18. The standard InChI is InChI=1S/C20H16ClNO7S/c21-14-6-8-16(9-7-14)30(26,27)22-11-15-10-17(23)18(19(29-15)20(24)25)28-12-13-4-2-1-3-5-13/h1-10,22H,11-12H2,(H,24,25). The van der Waals surface area contributed by atoms with E-state index >= 15 is 0 Å². The van der Waals surface area contributed by atoms with E-state index in [1.165, 1.54) is 24.3 Å². The van der Waals surface area contributed by atoms with Crippen molar-refractivity contribution in [1.29, 1.82) is 0 Å². The maximum Gasteiger partial charge on any atom is 0.375 e. The second-order valence-corrected chi connectivity index (χ2v) is 8.30. The monoisotopic (exact) mass is 449 g/mol. The molecule has 1 heterocycles. The number of aromatic carboxylic acids is 1. The number of halogens is 1. The summed E-state index contributed by atoms with van der Waals surface area (Å²) in [5.41, 5.74) is -0.0108. The summed E-state index contributed by atoms with van der Waals surface area (Å²) in [5, 5.41) is 9.75. The predicted octanol–water partition coefficient (Wildman–Crippen LogP) is 3.05. The molecule has 8 nitrogen and oxygen atoms in total. The smallest absolute Gasteiger partial charge is 0.375 e. The topological polar surface area (TPSA) is 123 Å². The molecule has 0 amide bonds. The molecular formula is C20H16ClNO7S. The Hall–Kier alpha value is -3.14. The van der Waals surface area contributed by atoms with Crippen LogP contribution < -0.4 is 14.9 Å². The van der Waals surface area contributed by atoms with Crippen LogP contribution in [0.25, 0.3) is 0 Å². The van der Waals surface area contributed by atoms with Gasteiger partial charge in [-0.1, -0.05) is 41.9 Å². The number of carbonyl (C=O) groups is 1. The second-order valence-electron chi connectivity index (χ2n) is 6.09. The van der Waals surface area contributed by atoms with Crippen LogP contribution in [0.5, 0.6) is 5.75 Å². The number of benzene rings is 2. The molecular weight excluding hydrogens is 434 g/mol. The van der Waals surface area contributed by atoms with E-state index in [9.17, 15) is 23.1 Å². The van der Waals surface area contributed by atoms with E-state index in [1.54, 1.807) is 30.3 Å². The van der Waals surface area contributed by atoms with Crippen molar-refractivity contribution < 1.29 is 27.5 Å². The number of ether oxygens (including phenoxy) is 1. The molecule has 156 valence electrons. The van der Waals surface area contributed by atoms with Gasteiger partial charge in [0.2, 0.25) is 21.2 Å². The lowest BCUT2D eigenvalue weighted by molar-refractivity contribution is 0.0647. The summed E-state index contributed by atoms with van der Waals surface area (Å²) in [5.74, 6) is -2.87. The fourth-order valence-electron chi connectivity index (χ4n) is 2.49. The SMILES string of the molecule is O=C(O)c1oc(CNS(=O)(=O)c2ccc(Cl)cc2)cc(=O)c1OCc1ccccc1. The summed E-state index contributed by atoms with van der Waals surface area (Å²) in [6, 6.07) is 15.3. The normalized spacial score (nSPS) is 11.2. The number of rotatable bonds is 8. The summed E-state index contributed by atoms with van der Waals surface area (Å²) in [6.45, 7) is -0.464. The molecule has 0 atom stereocenters. The van der Waals surface area contributed by atoms with Crippen molar-refractivity contribution in [1.82, 2.24) is 4.72 Å². The number of hydrogen-bond acceptors (Lipinski definition) is 6. The molecule has 0 unspecified atom stereocenters. The van der Waals surface area contributed by atoms with Crippen molar-refractivity contribution in [3.05, 3.63) is 93.0 Å². The Kier molecular flexibility index (Phi) is 6.56. The van der Waals surface area contributed by atoms with E-state index in [2.05, 4.69) is 4.72 Å². The first kappa shape index (κ1) is 21.6. The quantitative estimate of drug-likeness (QED) is 0.541. The zero-order valence-corrected chi connectivity index (χ0v) is 16.9. The Morgan fingerprint density at radius 3 is 2.40 bits per heavy atom. The molecule has 30 heavy (non-hydrogen) atoms. The minimum Gasteiger partial charge on any atom is -0.481 e. The van der Waals surface area contributed by atoms with Crippen molar-refractivity contribution in [3.8, 4) is 5.75 Å². The molecule has 0 saturated carbocycles. The Bertz CT molecular complexity index is 1210. The number of carboxylic acids is 1. The van der Waals surface area contributed by atoms with Crippen molar-refractivity contribution in [2.24, 2.45) is 0 Å². The van der Waals surface area contributed by atoms with E-state index in [-0.39, 0.29) is 17.3 Å². The van der Waals surface area contributed by atoms with E-state index in [0.29, 0.717) is 5.02 Å². The van der Waals surface area contributed by atoms with Crippen molar-refractivity contribution in [2.45, 2.75) is 18.0 Å². The van der Waals surface area contributed by atoms with Crippen LogP contribution in [0, 0.1) is 0 Å². The van der Waals surface area contributed by atoms with Crippen LogP contribution in [0.15, 0.2) is 74.8 Å². The molecule has 0 bridgehead atoms. The lowest BCUT2D eigenvalue weighted by Crippen LogP contribution is -2.24. The Balaban J connectivity index is 1.80. The highest BCUT2D eigenvalue weighted by Gasteiger charge is 2.21. The fourth-order valence-corrected chi connectivity index (χ4v) is 3.61. The molecule has 3 rings (SSSR count). The number of carboxylic acid groups (broad SMARTS) is 1. The molecule has 0 aliphatic heterocycles. The van der Waals surface area contributed by atoms with Gasteiger partial charge >= 0.3 is 5.97 Å². The Morgan fingerprint density at radius 1 is 1.10 bits per heavy atom. The first-order valence-corrected chi connectivity index (χ1v) is 10.4. The number of hydrogen-bond donors (Lipinski definition) is 2. The van der Waals surface area contributed by atoms with Crippen molar-refractivity contribution in [2.75, 3.05) is 0 Å². The third-order valence-corrected chi connectivity index (χ3v) is 5.60. The third kappa shape index (κ3) is 5.26. The van der Waals surface area contributed by atoms with Gasteiger partial charge in [0.15, 0.2) is 0 Å². The van der Waals surface area contributed by atoms with Gasteiger partial charge in [0.05, 0.1) is 11.4 Å². The van der Waals surface area contributed by atoms with Gasteiger partial charge in [-0.05, 0) is 29.8 Å². The zero-order valence-electron chi connectivity index (χ0n) is 15.4. The van der Waals surface area contributed by atoms with Gasteiger partial charge in [-0.2, -0.15) is 0 Å². The first-order valence-electron chi connectivity index (χ1n) is 8.58. The Labute approximate surface area is 176 Å². The maximum atomic E-state index is 12.4. The Morgan fingerprint density at radius 2 is 1.77 bits per heavy atom. The number of sulfonamides is 1. The van der Waals surface area contributed by atoms with Gasteiger partial charge in [-0.15, -0.1) is 0 Å². The van der Waals surface area contributed by atoms with Crippen LogP contribution >= 0.6 is 11.6 Å². The molecule has 0 spiro atoms. The van der Waals surface area contributed by atoms with Crippen molar-refractivity contribution in [3.63, 3.8) is 0 Å². The fraction of sp³-hybridized carbons (Fsp3) is 0.100. The predicted molar refractivity (Wildman–Crippen MR) is 108 cm³/mol. The highest BCUT2D eigenvalue weighted by molar-refractivity contribution is 7.89. The van der Waals surface area contributed by atoms with Gasteiger partial charge in [-0.25, -0.2) is 17.9 Å². The molecule has 2 aromatic carbocycles. The van der Waals surface area contributed by atoms with Crippen LogP contribution in [0.3, 0.4) is 0 Å². The molecule has 0 fully saturated rings. The average Bonchev–Trinajstić information content (AvgIpc) is 2.72. The van der Waals surface area contributed by atoms with Gasteiger partial charge in [-0.3, -0.25) is 4.79 Å². The van der Waals surface area contributed by atoms with Crippen LogP contribution in [-0.4, -0.2) is 19.5 Å². The first-order chi connectivity index (χ1) is 14.3. The van der Waals surface area contributed by atoms with Gasteiger partial charge in [0.25, 0.3) is 5.76 Å². The van der Waals surface area contributed by atoms with Crippen LogP contribution in [0.4, 0.5) is 0 Å². The lowest BCUT2D eigenvalue weighted by atomic mass is 10.2. The molecule has 1 aromatic heterocycles. The average molecular weight is 450 g/mol. The van der Waals surface area contributed by atoms with Crippen molar-refractivity contribution >= 4 is 27.6 Å². The van der Waals surface area contributed by atoms with Gasteiger partial charge < -0.3 is 14.3 Å². The highest BCUT2D eigenvalue weighted by atomic mass is 35.5. The third-order valence-electron chi connectivity index (χ3n) is 3.94. The zero-order chi connectivity index (χ0) is 21.7. The van der Waals surface area contributed by atoms with E-state index < -0.39 is 39.5 Å². The largest absolute Gasteiger partial charge is 0.481 e. The summed E-state index contributed by atoms with van der Waals surface area (Å²) in [7, 11) is -3.93. The van der Waals surface area contributed by atoms with E-state index in [1.807, 2.05) is 0 Å². The molecule has 0 aliphatic rings. The molecule has 0 saturated heterocycles. The molecule has 3 aromatic rings. The summed E-state index contributed by atoms with van der Waals surface area (Å²) >= 11 is 5.75. The van der Waals surface area contributed by atoms with Gasteiger partial charge in [0, 0.05) is 11.1 Å². The van der Waals surface area contributed by atoms with Crippen LogP contribution in [0.1, 0.15) is 21.9 Å². The molecule has 0 radical (unpaired) electrons. The molecule has 2 N–H and O–H groups in total.